The number of carbonyl (C=O) groups is 2. The van der Waals surface area contributed by atoms with Crippen molar-refractivity contribution in [3.8, 4) is 5.75 Å². The van der Waals surface area contributed by atoms with Gasteiger partial charge in [0.1, 0.15) is 12.4 Å². The summed E-state index contributed by atoms with van der Waals surface area (Å²) in [7, 11) is 1.35. The van der Waals surface area contributed by atoms with Gasteiger partial charge in [-0.05, 0) is 54.3 Å². The normalized spacial score (nSPS) is 11.6. The Morgan fingerprint density at radius 1 is 0.968 bits per heavy atom. The molecule has 0 saturated heterocycles. The molecule has 1 atom stereocenters. The fourth-order valence-corrected chi connectivity index (χ4v) is 3.72. The summed E-state index contributed by atoms with van der Waals surface area (Å²) >= 11 is 6.03. The molecule has 0 aliphatic heterocycles. The molecule has 3 aromatic carbocycles. The van der Waals surface area contributed by atoms with E-state index in [1.807, 2.05) is 61.5 Å². The van der Waals surface area contributed by atoms with Crippen LogP contribution in [-0.4, -0.2) is 18.9 Å². The predicted molar refractivity (Wildman–Crippen MR) is 122 cm³/mol. The largest absolute Gasteiger partial charge is 0.489 e. The number of benzene rings is 3. The van der Waals surface area contributed by atoms with Crippen LogP contribution in [0.25, 0.3) is 0 Å². The molecule has 3 aromatic rings. The summed E-state index contributed by atoms with van der Waals surface area (Å²) in [6.07, 6.45) is 0.552. The molecule has 1 unspecified atom stereocenters. The fraction of sp³-hybridized carbons (Fsp3) is 0.231. The zero-order chi connectivity index (χ0) is 22.2. The van der Waals surface area contributed by atoms with Crippen molar-refractivity contribution >= 4 is 23.4 Å². The van der Waals surface area contributed by atoms with Crippen molar-refractivity contribution in [1.82, 2.24) is 0 Å². The Bertz CT molecular complexity index is 1060. The van der Waals surface area contributed by atoms with Gasteiger partial charge in [0.15, 0.2) is 5.78 Å². The molecule has 0 spiro atoms. The Balaban J connectivity index is 1.81. The van der Waals surface area contributed by atoms with Crippen LogP contribution in [0.1, 0.15) is 45.8 Å². The minimum absolute atomic E-state index is 0.0496. The number of hydrogen-bond donors (Lipinski definition) is 0. The molecule has 31 heavy (non-hydrogen) atoms. The van der Waals surface area contributed by atoms with Crippen LogP contribution in [0.15, 0.2) is 72.8 Å². The van der Waals surface area contributed by atoms with Gasteiger partial charge in [0, 0.05) is 22.9 Å². The monoisotopic (exact) mass is 436 g/mol. The third kappa shape index (κ3) is 6.19. The molecule has 160 valence electrons. The summed E-state index contributed by atoms with van der Waals surface area (Å²) in [5, 5.41) is 0.650. The topological polar surface area (TPSA) is 52.6 Å². The van der Waals surface area contributed by atoms with Gasteiger partial charge in [-0.2, -0.15) is 0 Å². The van der Waals surface area contributed by atoms with Gasteiger partial charge in [0.05, 0.1) is 7.11 Å². The van der Waals surface area contributed by atoms with E-state index in [0.29, 0.717) is 29.4 Å². The van der Waals surface area contributed by atoms with Crippen molar-refractivity contribution in [1.29, 1.82) is 0 Å². The summed E-state index contributed by atoms with van der Waals surface area (Å²) in [6, 6.07) is 22.4. The van der Waals surface area contributed by atoms with E-state index in [0.717, 1.165) is 16.7 Å². The number of hydrogen-bond acceptors (Lipinski definition) is 4. The molecule has 0 bridgehead atoms. The molecule has 0 amide bonds. The van der Waals surface area contributed by atoms with Crippen LogP contribution in [0.2, 0.25) is 5.02 Å². The smallest absolute Gasteiger partial charge is 0.305 e. The molecule has 0 fully saturated rings. The summed E-state index contributed by atoms with van der Waals surface area (Å²) in [6.45, 7) is 2.32. The van der Waals surface area contributed by atoms with Crippen LogP contribution in [0, 0.1) is 6.92 Å². The molecule has 0 heterocycles. The number of methoxy groups -OCH3 is 1. The molecule has 5 heteroatoms. The van der Waals surface area contributed by atoms with Gasteiger partial charge in [0.2, 0.25) is 0 Å². The first-order chi connectivity index (χ1) is 15.0. The lowest BCUT2D eigenvalue weighted by Crippen LogP contribution is -2.16. The van der Waals surface area contributed by atoms with E-state index < -0.39 is 5.92 Å². The summed E-state index contributed by atoms with van der Waals surface area (Å²) < 4.78 is 10.7. The number of carbonyl (C=O) groups excluding carboxylic acids is 2. The quantitative estimate of drug-likeness (QED) is 0.298. The molecule has 0 radical (unpaired) electrons. The van der Waals surface area contributed by atoms with Gasteiger partial charge in [-0.3, -0.25) is 9.59 Å². The van der Waals surface area contributed by atoms with Crippen LogP contribution in [-0.2, 0) is 16.1 Å². The van der Waals surface area contributed by atoms with Crippen molar-refractivity contribution in [3.63, 3.8) is 0 Å². The highest BCUT2D eigenvalue weighted by Crippen LogP contribution is 2.30. The van der Waals surface area contributed by atoms with Crippen LogP contribution >= 0.6 is 11.6 Å². The van der Waals surface area contributed by atoms with Gasteiger partial charge in [-0.15, -0.1) is 0 Å². The second-order valence-corrected chi connectivity index (χ2v) is 7.77. The van der Waals surface area contributed by atoms with Crippen molar-refractivity contribution in [2.24, 2.45) is 0 Å². The van der Waals surface area contributed by atoms with E-state index in [1.54, 1.807) is 18.2 Å². The summed E-state index contributed by atoms with van der Waals surface area (Å²) in [5.74, 6) is -0.220. The second-order valence-electron chi connectivity index (χ2n) is 7.33. The van der Waals surface area contributed by atoms with E-state index in [1.165, 1.54) is 7.11 Å². The minimum atomic E-state index is -0.441. The second kappa shape index (κ2) is 10.8. The third-order valence-electron chi connectivity index (χ3n) is 5.16. The number of ketones is 1. The summed E-state index contributed by atoms with van der Waals surface area (Å²) in [4.78, 5) is 25.2. The van der Waals surface area contributed by atoms with Gasteiger partial charge < -0.3 is 9.47 Å². The fourth-order valence-electron chi connectivity index (χ4n) is 3.50. The lowest BCUT2D eigenvalue weighted by molar-refractivity contribution is -0.140. The molecule has 0 N–H and O–H groups in total. The molecular formula is C26H25ClO4. The lowest BCUT2D eigenvalue weighted by Gasteiger charge is -2.18. The van der Waals surface area contributed by atoms with Crippen LogP contribution < -0.4 is 4.74 Å². The van der Waals surface area contributed by atoms with Crippen molar-refractivity contribution < 1.29 is 19.1 Å². The van der Waals surface area contributed by atoms with Gasteiger partial charge in [0.25, 0.3) is 0 Å². The third-order valence-corrected chi connectivity index (χ3v) is 5.39. The Hall–Kier alpha value is -3.11. The average Bonchev–Trinajstić information content (AvgIpc) is 2.78. The van der Waals surface area contributed by atoms with Crippen LogP contribution in [0.4, 0.5) is 0 Å². The van der Waals surface area contributed by atoms with Crippen molar-refractivity contribution in [3.05, 3.63) is 100 Å². The maximum Gasteiger partial charge on any atom is 0.305 e. The predicted octanol–water partition coefficient (Wildman–Crippen LogP) is 6.15. The van der Waals surface area contributed by atoms with Gasteiger partial charge in [-0.1, -0.05) is 60.1 Å². The van der Waals surface area contributed by atoms with Crippen molar-refractivity contribution in [2.45, 2.75) is 32.3 Å². The molecule has 0 aromatic heterocycles. The Morgan fingerprint density at radius 3 is 2.48 bits per heavy atom. The zero-order valence-electron chi connectivity index (χ0n) is 17.6. The zero-order valence-corrected chi connectivity index (χ0v) is 18.4. The van der Waals surface area contributed by atoms with Gasteiger partial charge in [-0.25, -0.2) is 0 Å². The minimum Gasteiger partial charge on any atom is -0.489 e. The Labute approximate surface area is 187 Å². The molecular weight excluding hydrogens is 412 g/mol. The average molecular weight is 437 g/mol. The Kier molecular flexibility index (Phi) is 7.85. The number of rotatable bonds is 9. The molecule has 0 aliphatic carbocycles. The number of esters is 1. The molecule has 4 nitrogen and oxygen atoms in total. The molecule has 3 rings (SSSR count). The lowest BCUT2D eigenvalue weighted by atomic mass is 9.85. The first-order valence-corrected chi connectivity index (χ1v) is 10.5. The first-order valence-electron chi connectivity index (χ1n) is 10.1. The first kappa shape index (κ1) is 22.6. The number of aryl methyl sites for hydroxylation is 1. The highest BCUT2D eigenvalue weighted by molar-refractivity contribution is 6.30. The number of ether oxygens (including phenoxy) is 2. The molecule has 0 saturated carbocycles. The summed E-state index contributed by atoms with van der Waals surface area (Å²) in [5.41, 5.74) is 3.42. The van der Waals surface area contributed by atoms with Crippen molar-refractivity contribution in [2.75, 3.05) is 7.11 Å². The van der Waals surface area contributed by atoms with E-state index in [9.17, 15) is 9.59 Å². The number of halogens is 1. The van der Waals surface area contributed by atoms with Crippen LogP contribution in [0.3, 0.4) is 0 Å². The molecule has 0 aliphatic rings. The van der Waals surface area contributed by atoms with E-state index in [-0.39, 0.29) is 18.2 Å². The van der Waals surface area contributed by atoms with E-state index in [2.05, 4.69) is 0 Å². The van der Waals surface area contributed by atoms with Gasteiger partial charge >= 0.3 is 5.97 Å². The highest BCUT2D eigenvalue weighted by atomic mass is 35.5. The maximum absolute atomic E-state index is 13.4. The standard InChI is InChI=1S/C26H25ClO4/c1-18-7-3-4-12-23(18)24(13-14-25(28)30-2)26(29)20-9-6-11-22(16-20)31-17-19-8-5-10-21(27)15-19/h3-12,15-16,24H,13-14,17H2,1-2H3. The maximum atomic E-state index is 13.4. The Morgan fingerprint density at radius 2 is 1.74 bits per heavy atom. The van der Waals surface area contributed by atoms with E-state index >= 15 is 0 Å². The SMILES string of the molecule is COC(=O)CCC(C(=O)c1cccc(OCc2cccc(Cl)c2)c1)c1ccccc1C. The highest BCUT2D eigenvalue weighted by Gasteiger charge is 2.24. The van der Waals surface area contributed by atoms with Crippen LogP contribution in [0.5, 0.6) is 5.75 Å². The van der Waals surface area contributed by atoms with E-state index in [4.69, 9.17) is 21.1 Å². The number of Topliss-reactive ketones (excluding diaryl/α,β-unsaturated/α-hetero) is 1.